The van der Waals surface area contributed by atoms with Crippen molar-refractivity contribution in [2.45, 2.75) is 73.0 Å². The lowest BCUT2D eigenvalue weighted by molar-refractivity contribution is 0.0123. The van der Waals surface area contributed by atoms with Crippen LogP contribution in [0.3, 0.4) is 0 Å². The van der Waals surface area contributed by atoms with Crippen molar-refractivity contribution in [1.82, 2.24) is 4.90 Å². The van der Waals surface area contributed by atoms with E-state index in [1.165, 1.54) is 13.2 Å². The fourth-order valence-electron chi connectivity index (χ4n) is 2.62. The van der Waals surface area contributed by atoms with Gasteiger partial charge in [0.2, 0.25) is 0 Å². The van der Waals surface area contributed by atoms with Gasteiger partial charge < -0.3 is 24.2 Å². The van der Waals surface area contributed by atoms with E-state index in [0.29, 0.717) is 25.9 Å². The van der Waals surface area contributed by atoms with Gasteiger partial charge in [-0.15, -0.1) is 0 Å². The Balaban J connectivity index is 0.00000198. The molecule has 1 N–H and O–H groups in total. The molecule has 7 nitrogen and oxygen atoms in total. The molecule has 1 amide bonds. The first kappa shape index (κ1) is 27.5. The molecule has 0 radical (unpaired) electrons. The van der Waals surface area contributed by atoms with Crippen molar-refractivity contribution in [2.75, 3.05) is 20.2 Å². The lowest BCUT2D eigenvalue weighted by Gasteiger charge is -2.33. The second-order valence-corrected chi connectivity index (χ2v) is 7.07. The van der Waals surface area contributed by atoms with Gasteiger partial charge in [-0.3, -0.25) is 0 Å². The summed E-state index contributed by atoms with van der Waals surface area (Å²) in [6.45, 7) is 14.3. The van der Waals surface area contributed by atoms with Gasteiger partial charge in [0, 0.05) is 32.0 Å². The van der Waals surface area contributed by atoms with E-state index in [1.54, 1.807) is 25.7 Å². The van der Waals surface area contributed by atoms with Gasteiger partial charge in [0.25, 0.3) is 0 Å². The lowest BCUT2D eigenvalue weighted by Crippen LogP contribution is -2.44. The van der Waals surface area contributed by atoms with Crippen molar-refractivity contribution in [1.29, 1.82) is 0 Å². The number of benzene rings is 1. The number of rotatable bonds is 4. The largest absolute Gasteiger partial charge is 0.496 e. The summed E-state index contributed by atoms with van der Waals surface area (Å²) in [5.74, 6) is -2.08. The highest BCUT2D eigenvalue weighted by atomic mass is 19.1. The molecule has 1 saturated heterocycles. The Morgan fingerprint density at radius 3 is 2.03 bits per heavy atom. The van der Waals surface area contributed by atoms with E-state index in [0.717, 1.165) is 6.07 Å². The van der Waals surface area contributed by atoms with Crippen LogP contribution >= 0.6 is 0 Å². The summed E-state index contributed by atoms with van der Waals surface area (Å²) in [4.78, 5) is 24.7. The third kappa shape index (κ3) is 8.47. The minimum atomic E-state index is -1.28. The van der Waals surface area contributed by atoms with Crippen molar-refractivity contribution in [3.8, 4) is 11.5 Å². The first-order chi connectivity index (χ1) is 14.1. The Kier molecular flexibility index (Phi) is 11.8. The summed E-state index contributed by atoms with van der Waals surface area (Å²) in [5.41, 5.74) is -0.826. The monoisotopic (exact) mass is 429 g/mol. The summed E-state index contributed by atoms with van der Waals surface area (Å²) in [7, 11) is 1.31. The zero-order valence-corrected chi connectivity index (χ0v) is 19.4. The molecule has 0 spiro atoms. The maximum atomic E-state index is 14.1. The average Bonchev–Trinajstić information content (AvgIpc) is 2.71. The summed E-state index contributed by atoms with van der Waals surface area (Å²) >= 11 is 0. The third-order valence-corrected chi connectivity index (χ3v) is 3.87. The Morgan fingerprint density at radius 2 is 1.60 bits per heavy atom. The number of carboxylic acids is 1. The number of nitrogens with zero attached hydrogens (tertiary/aromatic N) is 1. The van der Waals surface area contributed by atoms with Crippen molar-refractivity contribution < 1.29 is 33.3 Å². The molecular weight excluding hydrogens is 393 g/mol. The van der Waals surface area contributed by atoms with Gasteiger partial charge in [0.15, 0.2) is 11.6 Å². The van der Waals surface area contributed by atoms with Crippen LogP contribution in [0.4, 0.5) is 9.18 Å². The molecule has 1 aliphatic heterocycles. The van der Waals surface area contributed by atoms with Crippen LogP contribution in [-0.2, 0) is 4.74 Å². The van der Waals surface area contributed by atoms with Crippen LogP contribution in [0.1, 0.15) is 71.7 Å². The van der Waals surface area contributed by atoms with E-state index in [-0.39, 0.29) is 29.3 Å². The standard InChI is InChI=1S/C18H24FNO6.2C2H6/c1-18(2,3)26-17(23)20-7-5-11(6-8-20)25-15-10-14(24-4)12(16(21)22)9-13(15)19;2*1-2/h9-11H,5-8H2,1-4H3,(H,21,22);2*1-2H3. The average molecular weight is 430 g/mol. The summed E-state index contributed by atoms with van der Waals surface area (Å²) in [6, 6.07) is 2.12. The molecule has 30 heavy (non-hydrogen) atoms. The van der Waals surface area contributed by atoms with Crippen LogP contribution in [0, 0.1) is 5.82 Å². The van der Waals surface area contributed by atoms with Gasteiger partial charge >= 0.3 is 12.1 Å². The zero-order chi connectivity index (χ0) is 23.5. The van der Waals surface area contributed by atoms with Crippen molar-refractivity contribution >= 4 is 12.1 Å². The van der Waals surface area contributed by atoms with Crippen LogP contribution < -0.4 is 9.47 Å². The zero-order valence-electron chi connectivity index (χ0n) is 19.4. The van der Waals surface area contributed by atoms with E-state index in [4.69, 9.17) is 19.3 Å². The van der Waals surface area contributed by atoms with Crippen LogP contribution in [0.5, 0.6) is 11.5 Å². The molecule has 0 bridgehead atoms. The molecule has 1 aliphatic rings. The number of ether oxygens (including phenoxy) is 3. The number of methoxy groups -OCH3 is 1. The molecule has 0 aliphatic carbocycles. The number of carbonyl (C=O) groups is 2. The minimum Gasteiger partial charge on any atom is -0.496 e. The highest BCUT2D eigenvalue weighted by Crippen LogP contribution is 2.30. The van der Waals surface area contributed by atoms with E-state index < -0.39 is 17.4 Å². The second-order valence-electron chi connectivity index (χ2n) is 7.07. The number of carbonyl (C=O) groups excluding carboxylic acids is 1. The first-order valence-corrected chi connectivity index (χ1v) is 10.4. The number of likely N-dealkylation sites (tertiary alicyclic amines) is 1. The van der Waals surface area contributed by atoms with E-state index in [9.17, 15) is 14.0 Å². The summed E-state index contributed by atoms with van der Waals surface area (Å²) in [5, 5.41) is 9.06. The Morgan fingerprint density at radius 1 is 1.07 bits per heavy atom. The minimum absolute atomic E-state index is 0.0279. The van der Waals surface area contributed by atoms with Gasteiger partial charge in [-0.2, -0.15) is 0 Å². The molecule has 1 aromatic carbocycles. The van der Waals surface area contributed by atoms with Crippen molar-refractivity contribution in [3.05, 3.63) is 23.5 Å². The van der Waals surface area contributed by atoms with Crippen LogP contribution in [0.15, 0.2) is 12.1 Å². The molecule has 0 saturated carbocycles. The first-order valence-electron chi connectivity index (χ1n) is 10.4. The summed E-state index contributed by atoms with van der Waals surface area (Å²) in [6.07, 6.45) is 0.363. The molecule has 1 fully saturated rings. The van der Waals surface area contributed by atoms with Gasteiger partial charge in [-0.1, -0.05) is 27.7 Å². The number of hydrogen-bond donors (Lipinski definition) is 1. The normalized spacial score (nSPS) is 13.8. The Bertz CT molecular complexity index is 679. The Hall–Kier alpha value is -2.51. The predicted molar refractivity (Wildman–Crippen MR) is 114 cm³/mol. The fraction of sp³-hybridized carbons (Fsp3) is 0.636. The number of carboxylic acid groups (broad SMARTS) is 1. The van der Waals surface area contributed by atoms with Gasteiger partial charge in [0.1, 0.15) is 23.0 Å². The van der Waals surface area contributed by atoms with E-state index in [1.807, 2.05) is 27.7 Å². The van der Waals surface area contributed by atoms with Gasteiger partial charge in [0.05, 0.1) is 7.11 Å². The smallest absolute Gasteiger partial charge is 0.410 e. The summed E-state index contributed by atoms with van der Waals surface area (Å²) < 4.78 is 30.1. The maximum absolute atomic E-state index is 14.1. The van der Waals surface area contributed by atoms with Crippen LogP contribution in [-0.4, -0.2) is 54.0 Å². The Labute approximate surface area is 179 Å². The molecule has 0 unspecified atom stereocenters. The number of aromatic carboxylic acids is 1. The number of hydrogen-bond acceptors (Lipinski definition) is 5. The van der Waals surface area contributed by atoms with E-state index in [2.05, 4.69) is 0 Å². The second kappa shape index (κ2) is 12.9. The highest BCUT2D eigenvalue weighted by Gasteiger charge is 2.28. The number of halogens is 1. The number of piperidine rings is 1. The fourth-order valence-corrected chi connectivity index (χ4v) is 2.62. The lowest BCUT2D eigenvalue weighted by atomic mass is 10.1. The number of amides is 1. The van der Waals surface area contributed by atoms with Crippen molar-refractivity contribution in [2.24, 2.45) is 0 Å². The third-order valence-electron chi connectivity index (χ3n) is 3.87. The molecule has 0 atom stereocenters. The molecule has 172 valence electrons. The molecule has 8 heteroatoms. The van der Waals surface area contributed by atoms with Crippen molar-refractivity contribution in [3.63, 3.8) is 0 Å². The maximum Gasteiger partial charge on any atom is 0.410 e. The van der Waals surface area contributed by atoms with Gasteiger partial charge in [-0.25, -0.2) is 14.0 Å². The molecule has 0 aromatic heterocycles. The van der Waals surface area contributed by atoms with Gasteiger partial charge in [-0.05, 0) is 26.8 Å². The SMILES string of the molecule is CC.CC.COc1cc(OC2CCN(C(=O)OC(C)(C)C)CC2)c(F)cc1C(=O)O. The van der Waals surface area contributed by atoms with Crippen LogP contribution in [0.25, 0.3) is 0 Å². The predicted octanol–water partition coefficient (Wildman–Crippen LogP) is 5.36. The van der Waals surface area contributed by atoms with Crippen LogP contribution in [0.2, 0.25) is 0 Å². The quantitative estimate of drug-likeness (QED) is 0.693. The molecular formula is C22H36FNO6. The molecule has 1 aromatic rings. The molecule has 2 rings (SSSR count). The molecule has 1 heterocycles. The van der Waals surface area contributed by atoms with E-state index >= 15 is 0 Å². The topological polar surface area (TPSA) is 85.3 Å². The highest BCUT2D eigenvalue weighted by molar-refractivity contribution is 5.91.